The quantitative estimate of drug-likeness (QED) is 0.838. The summed E-state index contributed by atoms with van der Waals surface area (Å²) in [5.41, 5.74) is 0.276. The van der Waals surface area contributed by atoms with E-state index in [1.54, 1.807) is 0 Å². The molecule has 1 aliphatic heterocycles. The van der Waals surface area contributed by atoms with Gasteiger partial charge >= 0.3 is 0 Å². The average Bonchev–Trinajstić information content (AvgIpc) is 2.88. The van der Waals surface area contributed by atoms with E-state index < -0.39 is 0 Å². The van der Waals surface area contributed by atoms with E-state index >= 15 is 0 Å². The van der Waals surface area contributed by atoms with Crippen molar-refractivity contribution in [1.82, 2.24) is 5.32 Å². The molecule has 1 heterocycles. The summed E-state index contributed by atoms with van der Waals surface area (Å²) in [5, 5.41) is 3.71. The Balaban J connectivity index is 1.65. The summed E-state index contributed by atoms with van der Waals surface area (Å²) in [5.74, 6) is 2.69. The molecule has 0 bridgehead atoms. The molecule has 4 unspecified atom stereocenters. The van der Waals surface area contributed by atoms with E-state index in [0.717, 1.165) is 30.4 Å². The van der Waals surface area contributed by atoms with Gasteiger partial charge in [0.15, 0.2) is 0 Å². The first-order valence-electron chi connectivity index (χ1n) is 9.04. The minimum atomic E-state index is 0.276. The third kappa shape index (κ3) is 3.06. The first kappa shape index (κ1) is 14.8. The third-order valence-electron chi connectivity index (χ3n) is 6.37. The Bertz CT molecular complexity index is 311. The van der Waals surface area contributed by atoms with E-state index in [9.17, 15) is 0 Å². The molecule has 1 N–H and O–H groups in total. The summed E-state index contributed by atoms with van der Waals surface area (Å²) in [6.07, 6.45) is 13.8. The zero-order chi connectivity index (χ0) is 14.0. The Labute approximate surface area is 125 Å². The van der Waals surface area contributed by atoms with Crippen molar-refractivity contribution >= 4 is 0 Å². The maximum Gasteiger partial charge on any atom is 0.0685 e. The second-order valence-corrected chi connectivity index (χ2v) is 7.84. The Morgan fingerprint density at radius 1 is 1.05 bits per heavy atom. The van der Waals surface area contributed by atoms with Gasteiger partial charge in [0.05, 0.1) is 5.60 Å². The SMILES string of the molecule is CNC(C1CCCC(C)C1)C1CCOC2(CCCC2)C1. The number of nitrogens with one attached hydrogen (secondary N) is 1. The third-order valence-corrected chi connectivity index (χ3v) is 6.37. The van der Waals surface area contributed by atoms with E-state index in [2.05, 4.69) is 19.3 Å². The van der Waals surface area contributed by atoms with Gasteiger partial charge in [-0.2, -0.15) is 0 Å². The van der Waals surface area contributed by atoms with Crippen molar-refractivity contribution in [2.24, 2.45) is 17.8 Å². The molecule has 20 heavy (non-hydrogen) atoms. The van der Waals surface area contributed by atoms with Crippen LogP contribution in [0.15, 0.2) is 0 Å². The van der Waals surface area contributed by atoms with E-state index in [1.165, 1.54) is 64.2 Å². The Morgan fingerprint density at radius 3 is 2.55 bits per heavy atom. The first-order chi connectivity index (χ1) is 9.72. The summed E-state index contributed by atoms with van der Waals surface area (Å²) in [4.78, 5) is 0. The van der Waals surface area contributed by atoms with Crippen LogP contribution in [0.25, 0.3) is 0 Å². The van der Waals surface area contributed by atoms with Gasteiger partial charge in [-0.1, -0.05) is 32.6 Å². The van der Waals surface area contributed by atoms with Crippen molar-refractivity contribution in [3.05, 3.63) is 0 Å². The largest absolute Gasteiger partial charge is 0.375 e. The second-order valence-electron chi connectivity index (χ2n) is 7.84. The van der Waals surface area contributed by atoms with E-state index in [-0.39, 0.29) is 5.60 Å². The summed E-state index contributed by atoms with van der Waals surface area (Å²) in [6, 6.07) is 0.735. The standard InChI is InChI=1S/C18H33NO/c1-14-6-5-7-15(12-14)17(19-2)16-8-11-20-18(13-16)9-3-4-10-18/h14-17,19H,3-13H2,1-2H3. The molecule has 3 fully saturated rings. The van der Waals surface area contributed by atoms with Crippen LogP contribution in [0.5, 0.6) is 0 Å². The number of hydrogen-bond donors (Lipinski definition) is 1. The van der Waals surface area contributed by atoms with Crippen molar-refractivity contribution in [1.29, 1.82) is 0 Å². The topological polar surface area (TPSA) is 21.3 Å². The molecule has 2 heteroatoms. The van der Waals surface area contributed by atoms with E-state index in [4.69, 9.17) is 4.74 Å². The molecular weight excluding hydrogens is 246 g/mol. The summed E-state index contributed by atoms with van der Waals surface area (Å²) < 4.78 is 6.23. The Morgan fingerprint density at radius 2 is 1.85 bits per heavy atom. The second kappa shape index (κ2) is 6.36. The zero-order valence-corrected chi connectivity index (χ0v) is 13.5. The van der Waals surface area contributed by atoms with Gasteiger partial charge in [-0.05, 0) is 63.3 Å². The highest BCUT2D eigenvalue weighted by atomic mass is 16.5. The maximum absolute atomic E-state index is 6.23. The van der Waals surface area contributed by atoms with Crippen LogP contribution in [-0.2, 0) is 4.74 Å². The van der Waals surface area contributed by atoms with E-state index in [0.29, 0.717) is 0 Å². The fraction of sp³-hybridized carbons (Fsp3) is 1.00. The summed E-state index contributed by atoms with van der Waals surface area (Å²) in [6.45, 7) is 3.45. The number of hydrogen-bond acceptors (Lipinski definition) is 2. The first-order valence-corrected chi connectivity index (χ1v) is 9.04. The van der Waals surface area contributed by atoms with Crippen LogP contribution in [0.3, 0.4) is 0 Å². The van der Waals surface area contributed by atoms with Crippen LogP contribution in [0.2, 0.25) is 0 Å². The molecule has 3 aliphatic rings. The normalized spacial score (nSPS) is 39.0. The van der Waals surface area contributed by atoms with Crippen molar-refractivity contribution in [3.63, 3.8) is 0 Å². The van der Waals surface area contributed by atoms with Crippen molar-refractivity contribution in [2.45, 2.75) is 82.8 Å². The minimum absolute atomic E-state index is 0.276. The number of rotatable bonds is 3. The molecular formula is C18H33NO. The lowest BCUT2D eigenvalue weighted by atomic mass is 9.71. The molecule has 2 saturated carbocycles. The highest BCUT2D eigenvalue weighted by Gasteiger charge is 2.43. The smallest absolute Gasteiger partial charge is 0.0685 e. The fourth-order valence-electron chi connectivity index (χ4n) is 5.40. The molecule has 0 aromatic heterocycles. The average molecular weight is 279 g/mol. The monoisotopic (exact) mass is 279 g/mol. The highest BCUT2D eigenvalue weighted by Crippen LogP contribution is 2.45. The van der Waals surface area contributed by atoms with Gasteiger partial charge in [0.25, 0.3) is 0 Å². The molecule has 2 aliphatic carbocycles. The molecule has 0 aromatic carbocycles. The van der Waals surface area contributed by atoms with Crippen molar-refractivity contribution in [2.75, 3.05) is 13.7 Å². The Hall–Kier alpha value is -0.0800. The van der Waals surface area contributed by atoms with Gasteiger partial charge in [-0.25, -0.2) is 0 Å². The highest BCUT2D eigenvalue weighted by molar-refractivity contribution is 4.96. The molecule has 0 aromatic rings. The van der Waals surface area contributed by atoms with Gasteiger partial charge in [-0.3, -0.25) is 0 Å². The molecule has 3 rings (SSSR count). The van der Waals surface area contributed by atoms with Gasteiger partial charge < -0.3 is 10.1 Å². The van der Waals surface area contributed by atoms with Crippen LogP contribution >= 0.6 is 0 Å². The van der Waals surface area contributed by atoms with Crippen LogP contribution < -0.4 is 5.32 Å². The maximum atomic E-state index is 6.23. The molecule has 1 saturated heterocycles. The van der Waals surface area contributed by atoms with Crippen molar-refractivity contribution in [3.8, 4) is 0 Å². The van der Waals surface area contributed by atoms with Gasteiger partial charge in [-0.15, -0.1) is 0 Å². The molecule has 116 valence electrons. The van der Waals surface area contributed by atoms with Crippen LogP contribution in [-0.4, -0.2) is 25.3 Å². The zero-order valence-electron chi connectivity index (χ0n) is 13.5. The molecule has 2 nitrogen and oxygen atoms in total. The van der Waals surface area contributed by atoms with Crippen LogP contribution in [0, 0.1) is 17.8 Å². The molecule has 0 radical (unpaired) electrons. The molecule has 1 spiro atoms. The predicted octanol–water partition coefficient (Wildman–Crippen LogP) is 4.14. The Kier molecular flexibility index (Phi) is 4.72. The van der Waals surface area contributed by atoms with E-state index in [1.807, 2.05) is 0 Å². The molecule has 0 amide bonds. The van der Waals surface area contributed by atoms with Crippen molar-refractivity contribution < 1.29 is 4.74 Å². The summed E-state index contributed by atoms with van der Waals surface area (Å²) >= 11 is 0. The minimum Gasteiger partial charge on any atom is -0.375 e. The molecule has 4 atom stereocenters. The van der Waals surface area contributed by atoms with Gasteiger partial charge in [0.1, 0.15) is 0 Å². The van der Waals surface area contributed by atoms with Gasteiger partial charge in [0, 0.05) is 12.6 Å². The fourth-order valence-corrected chi connectivity index (χ4v) is 5.40. The van der Waals surface area contributed by atoms with Crippen LogP contribution in [0.1, 0.15) is 71.1 Å². The lowest BCUT2D eigenvalue weighted by Crippen LogP contribution is -2.48. The summed E-state index contributed by atoms with van der Waals surface area (Å²) in [7, 11) is 2.20. The lowest BCUT2D eigenvalue weighted by molar-refractivity contribution is -0.102. The van der Waals surface area contributed by atoms with Gasteiger partial charge in [0.2, 0.25) is 0 Å². The predicted molar refractivity (Wildman–Crippen MR) is 83.8 cm³/mol. The number of ether oxygens (including phenoxy) is 1. The van der Waals surface area contributed by atoms with Crippen LogP contribution in [0.4, 0.5) is 0 Å². The lowest BCUT2D eigenvalue weighted by Gasteiger charge is -2.44.